The summed E-state index contributed by atoms with van der Waals surface area (Å²) in [5.74, 6) is 0.0574. The van der Waals surface area contributed by atoms with Crippen molar-refractivity contribution in [3.8, 4) is 11.6 Å². The largest absolute Gasteiger partial charge is 0.497 e. The molecule has 0 saturated heterocycles. The minimum absolute atomic E-state index is 0.110. The molecule has 1 aromatic heterocycles. The zero-order chi connectivity index (χ0) is 17.1. The summed E-state index contributed by atoms with van der Waals surface area (Å²) in [6.07, 6.45) is 0. The minimum Gasteiger partial charge on any atom is -0.497 e. The summed E-state index contributed by atoms with van der Waals surface area (Å²) in [6.45, 7) is 0. The zero-order valence-corrected chi connectivity index (χ0v) is 13.4. The summed E-state index contributed by atoms with van der Waals surface area (Å²) >= 11 is 5.11. The molecule has 0 radical (unpaired) electrons. The fourth-order valence-corrected chi connectivity index (χ4v) is 2.35. The van der Waals surface area contributed by atoms with E-state index in [2.05, 4.69) is 20.5 Å². The molecule has 3 rings (SSSR count). The van der Waals surface area contributed by atoms with Crippen LogP contribution in [0.1, 0.15) is 0 Å². The van der Waals surface area contributed by atoms with Gasteiger partial charge in [-0.3, -0.25) is 0 Å². The summed E-state index contributed by atoms with van der Waals surface area (Å²) in [5, 5.41) is 21.3. The van der Waals surface area contributed by atoms with E-state index in [1.54, 1.807) is 31.4 Å². The molecule has 1 heterocycles. The number of methoxy groups -OCH3 is 1. The number of hydrogen-bond acceptors (Lipinski definition) is 4. The summed E-state index contributed by atoms with van der Waals surface area (Å²) < 4.78 is 18.3. The first-order valence-electron chi connectivity index (χ1n) is 6.94. The highest BCUT2D eigenvalue weighted by Gasteiger charge is 2.11. The SMILES string of the molecule is COc1cccc(NC(=S)N=Nc2c(O)[nH]c3cc(F)ccc23)c1. The third-order valence-corrected chi connectivity index (χ3v) is 3.46. The lowest BCUT2D eigenvalue weighted by Crippen LogP contribution is -2.04. The van der Waals surface area contributed by atoms with E-state index in [-0.39, 0.29) is 16.7 Å². The van der Waals surface area contributed by atoms with Crippen LogP contribution in [0, 0.1) is 5.82 Å². The Morgan fingerprint density at radius 3 is 2.92 bits per heavy atom. The number of halogens is 1. The molecule has 3 N–H and O–H groups in total. The molecule has 6 nitrogen and oxygen atoms in total. The number of aromatic amines is 1. The van der Waals surface area contributed by atoms with Crippen molar-refractivity contribution in [1.82, 2.24) is 4.98 Å². The molecule has 0 aliphatic rings. The summed E-state index contributed by atoms with van der Waals surface area (Å²) in [5.41, 5.74) is 1.32. The van der Waals surface area contributed by atoms with Gasteiger partial charge < -0.3 is 20.1 Å². The van der Waals surface area contributed by atoms with Crippen molar-refractivity contribution in [2.75, 3.05) is 12.4 Å². The molecule has 0 fully saturated rings. The van der Waals surface area contributed by atoms with Crippen molar-refractivity contribution in [2.45, 2.75) is 0 Å². The molecule has 2 aromatic carbocycles. The van der Waals surface area contributed by atoms with Gasteiger partial charge in [-0.1, -0.05) is 6.07 Å². The number of nitrogens with zero attached hydrogens (tertiary/aromatic N) is 2. The molecular weight excluding hydrogens is 331 g/mol. The monoisotopic (exact) mass is 344 g/mol. The van der Waals surface area contributed by atoms with Crippen LogP contribution < -0.4 is 10.1 Å². The number of hydrogen-bond donors (Lipinski definition) is 3. The first-order valence-corrected chi connectivity index (χ1v) is 7.34. The molecule has 0 atom stereocenters. The van der Waals surface area contributed by atoms with Crippen LogP contribution in [-0.4, -0.2) is 22.3 Å². The topological polar surface area (TPSA) is 82.0 Å². The zero-order valence-electron chi connectivity index (χ0n) is 12.6. The van der Waals surface area contributed by atoms with Gasteiger partial charge in [0.25, 0.3) is 0 Å². The number of benzene rings is 2. The lowest BCUT2D eigenvalue weighted by Gasteiger charge is -2.05. The Balaban J connectivity index is 1.80. The summed E-state index contributed by atoms with van der Waals surface area (Å²) in [4.78, 5) is 2.64. The molecule has 0 aliphatic carbocycles. The second-order valence-corrected chi connectivity index (χ2v) is 5.26. The van der Waals surface area contributed by atoms with Crippen molar-refractivity contribution in [3.05, 3.63) is 48.3 Å². The van der Waals surface area contributed by atoms with E-state index in [0.717, 1.165) is 0 Å². The van der Waals surface area contributed by atoms with Crippen LogP contribution in [0.15, 0.2) is 52.7 Å². The molecule has 3 aromatic rings. The maximum atomic E-state index is 13.2. The first kappa shape index (κ1) is 15.9. The molecule has 0 amide bonds. The van der Waals surface area contributed by atoms with E-state index in [9.17, 15) is 9.50 Å². The maximum Gasteiger partial charge on any atom is 0.218 e. The fourth-order valence-electron chi connectivity index (χ4n) is 2.19. The highest BCUT2D eigenvalue weighted by atomic mass is 32.1. The maximum absolute atomic E-state index is 13.2. The fraction of sp³-hybridized carbons (Fsp3) is 0.0625. The predicted molar refractivity (Wildman–Crippen MR) is 93.7 cm³/mol. The normalized spacial score (nSPS) is 11.1. The number of H-pyrrole nitrogens is 1. The molecule has 0 spiro atoms. The van der Waals surface area contributed by atoms with Gasteiger partial charge in [-0.25, -0.2) is 4.39 Å². The number of aromatic nitrogens is 1. The van der Waals surface area contributed by atoms with Gasteiger partial charge in [0.2, 0.25) is 11.0 Å². The number of nitrogens with one attached hydrogen (secondary N) is 2. The van der Waals surface area contributed by atoms with Gasteiger partial charge in [-0.2, -0.15) is 0 Å². The number of aromatic hydroxyl groups is 1. The van der Waals surface area contributed by atoms with Crippen molar-refractivity contribution < 1.29 is 14.2 Å². The second kappa shape index (κ2) is 6.63. The van der Waals surface area contributed by atoms with Crippen LogP contribution in [0.25, 0.3) is 10.9 Å². The van der Waals surface area contributed by atoms with Crippen LogP contribution in [0.4, 0.5) is 15.8 Å². The van der Waals surface area contributed by atoms with Gasteiger partial charge in [0.05, 0.1) is 12.6 Å². The lowest BCUT2D eigenvalue weighted by atomic mass is 10.2. The molecule has 0 unspecified atom stereocenters. The van der Waals surface area contributed by atoms with Crippen molar-refractivity contribution in [2.24, 2.45) is 10.2 Å². The van der Waals surface area contributed by atoms with E-state index in [4.69, 9.17) is 17.0 Å². The Hall–Kier alpha value is -3.00. The molecule has 0 aliphatic heterocycles. The van der Waals surface area contributed by atoms with Crippen LogP contribution in [0.3, 0.4) is 0 Å². The van der Waals surface area contributed by atoms with Gasteiger partial charge >= 0.3 is 0 Å². The average Bonchev–Trinajstić information content (AvgIpc) is 2.87. The van der Waals surface area contributed by atoms with Crippen molar-refractivity contribution in [3.63, 3.8) is 0 Å². The van der Waals surface area contributed by atoms with Gasteiger partial charge in [0, 0.05) is 17.1 Å². The van der Waals surface area contributed by atoms with Gasteiger partial charge in [0.15, 0.2) is 5.69 Å². The second-order valence-electron chi connectivity index (χ2n) is 4.87. The Morgan fingerprint density at radius 2 is 2.12 bits per heavy atom. The Morgan fingerprint density at radius 1 is 1.29 bits per heavy atom. The first-order chi connectivity index (χ1) is 11.6. The van der Waals surface area contributed by atoms with E-state index in [1.165, 1.54) is 18.2 Å². The molecule has 24 heavy (non-hydrogen) atoms. The number of fused-ring (bicyclic) bond motifs is 1. The highest BCUT2D eigenvalue weighted by molar-refractivity contribution is 7.80. The number of ether oxygens (including phenoxy) is 1. The number of azo groups is 1. The Labute approximate surface area is 142 Å². The highest BCUT2D eigenvalue weighted by Crippen LogP contribution is 2.35. The summed E-state index contributed by atoms with van der Waals surface area (Å²) in [6, 6.07) is 11.2. The lowest BCUT2D eigenvalue weighted by molar-refractivity contribution is 0.415. The Kier molecular flexibility index (Phi) is 4.39. The molecule has 122 valence electrons. The average molecular weight is 344 g/mol. The van der Waals surface area contributed by atoms with Crippen LogP contribution >= 0.6 is 12.2 Å². The summed E-state index contributed by atoms with van der Waals surface area (Å²) in [7, 11) is 1.57. The molecule has 0 saturated carbocycles. The third kappa shape index (κ3) is 3.33. The minimum atomic E-state index is -0.414. The number of rotatable bonds is 3. The Bertz CT molecular complexity index is 939. The standard InChI is InChI=1S/C16H13FN4O2S/c1-23-11-4-2-3-10(8-11)18-16(24)21-20-14-12-6-5-9(17)7-13(12)19-15(14)22/h2-8,19,22H,1H3,(H,18,24). The van der Waals surface area contributed by atoms with Crippen molar-refractivity contribution in [1.29, 1.82) is 0 Å². The van der Waals surface area contributed by atoms with Crippen molar-refractivity contribution >= 4 is 39.6 Å². The van der Waals surface area contributed by atoms with Gasteiger partial charge in [-0.15, -0.1) is 10.2 Å². The third-order valence-electron chi connectivity index (χ3n) is 3.28. The van der Waals surface area contributed by atoms with Gasteiger partial charge in [0.1, 0.15) is 11.6 Å². The smallest absolute Gasteiger partial charge is 0.218 e. The predicted octanol–water partition coefficient (Wildman–Crippen LogP) is 4.50. The molecule has 0 bridgehead atoms. The number of anilines is 1. The van der Waals surface area contributed by atoms with E-state index >= 15 is 0 Å². The van der Waals surface area contributed by atoms with Gasteiger partial charge in [-0.05, 0) is 42.5 Å². The molecule has 8 heteroatoms. The van der Waals surface area contributed by atoms with E-state index < -0.39 is 5.82 Å². The quantitative estimate of drug-likeness (QED) is 0.482. The van der Waals surface area contributed by atoms with Crippen LogP contribution in [0.5, 0.6) is 11.6 Å². The number of thiocarbonyl (C=S) groups is 1. The van der Waals surface area contributed by atoms with Crippen LogP contribution in [0.2, 0.25) is 0 Å². The van der Waals surface area contributed by atoms with E-state index in [0.29, 0.717) is 22.3 Å². The van der Waals surface area contributed by atoms with E-state index in [1.807, 2.05) is 0 Å². The molecular formula is C16H13FN4O2S. The van der Waals surface area contributed by atoms with Crippen LogP contribution in [-0.2, 0) is 0 Å².